The topological polar surface area (TPSA) is 45.1 Å². The number of hydrogen-bond acceptors (Lipinski definition) is 4. The summed E-state index contributed by atoms with van der Waals surface area (Å²) in [6.45, 7) is 4.37. The summed E-state index contributed by atoms with van der Waals surface area (Å²) in [5.41, 5.74) is 3.55. The van der Waals surface area contributed by atoms with Gasteiger partial charge in [0.25, 0.3) is 0 Å². The van der Waals surface area contributed by atoms with Crippen LogP contribution < -0.4 is 4.74 Å². The van der Waals surface area contributed by atoms with Crippen LogP contribution >= 0.6 is 15.9 Å². The molecular weight excluding hydrogens is 452 g/mol. The van der Waals surface area contributed by atoms with E-state index in [1.165, 1.54) is 5.56 Å². The molecule has 3 aromatic carbocycles. The highest BCUT2D eigenvalue weighted by atomic mass is 79.9. The molecule has 0 radical (unpaired) electrons. The van der Waals surface area contributed by atoms with E-state index in [2.05, 4.69) is 57.2 Å². The molecule has 0 saturated carbocycles. The van der Waals surface area contributed by atoms with Crippen molar-refractivity contribution >= 4 is 27.5 Å². The molecule has 0 bridgehead atoms. The minimum atomic E-state index is -0.774. The summed E-state index contributed by atoms with van der Waals surface area (Å²) >= 11 is 3.64. The summed E-state index contributed by atoms with van der Waals surface area (Å²) in [7, 11) is 1.67. The smallest absolute Gasteiger partial charge is 0.137 e. The van der Waals surface area contributed by atoms with Crippen LogP contribution in [0.4, 0.5) is 5.69 Å². The minimum absolute atomic E-state index is 0.00866. The molecule has 0 amide bonds. The number of hydrogen-bond donors (Lipinski definition) is 1. The van der Waals surface area contributed by atoms with Crippen LogP contribution in [-0.2, 0) is 0 Å². The van der Waals surface area contributed by atoms with Crippen molar-refractivity contribution in [3.8, 4) is 5.75 Å². The molecule has 1 aliphatic heterocycles. The number of aliphatic hydroxyl groups is 1. The molecule has 0 aliphatic carbocycles. The van der Waals surface area contributed by atoms with Crippen LogP contribution in [0.3, 0.4) is 0 Å². The molecule has 4 nitrogen and oxygen atoms in total. The highest BCUT2D eigenvalue weighted by molar-refractivity contribution is 9.10. The normalized spacial score (nSPS) is 16.0. The molecule has 1 atom stereocenters. The third-order valence-electron chi connectivity index (χ3n) is 5.52. The van der Waals surface area contributed by atoms with E-state index >= 15 is 0 Å². The number of fused-ring (bicyclic) bond motifs is 1. The molecular formula is C26H27BrN2O2. The first-order chi connectivity index (χ1) is 14.9. The van der Waals surface area contributed by atoms with E-state index in [0.29, 0.717) is 13.0 Å². The number of ether oxygens (including phenoxy) is 1. The number of nitrogens with zero attached hydrogens (tertiary/aromatic N) is 2. The SMILES string of the molecule is COc1ccc(C2=Nc3ccc(Br)cc3C(c3ccccc3)N2CCC(C)(C)O)cc1. The van der Waals surface area contributed by atoms with Gasteiger partial charge in [0.1, 0.15) is 11.6 Å². The second-order valence-corrected chi connectivity index (χ2v) is 9.35. The van der Waals surface area contributed by atoms with Crippen LogP contribution in [-0.4, -0.2) is 35.1 Å². The van der Waals surface area contributed by atoms with Gasteiger partial charge in [-0.25, -0.2) is 4.99 Å². The largest absolute Gasteiger partial charge is 0.497 e. The van der Waals surface area contributed by atoms with Crippen molar-refractivity contribution in [1.82, 2.24) is 4.90 Å². The fourth-order valence-corrected chi connectivity index (χ4v) is 4.29. The number of rotatable bonds is 6. The zero-order valence-electron chi connectivity index (χ0n) is 18.0. The Morgan fingerprint density at radius 2 is 1.74 bits per heavy atom. The highest BCUT2D eigenvalue weighted by Gasteiger charge is 2.33. The minimum Gasteiger partial charge on any atom is -0.497 e. The fraction of sp³-hybridized carbons (Fsp3) is 0.269. The summed E-state index contributed by atoms with van der Waals surface area (Å²) in [6.07, 6.45) is 0.620. The molecule has 4 rings (SSSR count). The van der Waals surface area contributed by atoms with Gasteiger partial charge in [0, 0.05) is 22.1 Å². The zero-order chi connectivity index (χ0) is 22.0. The predicted octanol–water partition coefficient (Wildman–Crippen LogP) is 6.10. The lowest BCUT2D eigenvalue weighted by Gasteiger charge is -2.40. The standard InChI is InChI=1S/C26H27BrN2O2/c1-26(2,30)15-16-29-24(18-7-5-4-6-8-18)22-17-20(27)11-14-23(22)28-25(29)19-9-12-21(31-3)13-10-19/h4-14,17,24,30H,15-16H2,1-3H3. The molecule has 5 heteroatoms. The Morgan fingerprint density at radius 3 is 2.39 bits per heavy atom. The average molecular weight is 479 g/mol. The third-order valence-corrected chi connectivity index (χ3v) is 6.02. The Hall–Kier alpha value is -2.63. The summed E-state index contributed by atoms with van der Waals surface area (Å²) in [4.78, 5) is 7.38. The summed E-state index contributed by atoms with van der Waals surface area (Å²) in [5.74, 6) is 1.71. The molecule has 0 spiro atoms. The zero-order valence-corrected chi connectivity index (χ0v) is 19.6. The molecule has 1 aliphatic rings. The van der Waals surface area contributed by atoms with Crippen LogP contribution in [0.5, 0.6) is 5.75 Å². The van der Waals surface area contributed by atoms with Gasteiger partial charge in [-0.15, -0.1) is 0 Å². The molecule has 0 aromatic heterocycles. The molecule has 1 N–H and O–H groups in total. The molecule has 3 aromatic rings. The number of aliphatic imine (C=N–C) groups is 1. The highest BCUT2D eigenvalue weighted by Crippen LogP contribution is 2.42. The van der Waals surface area contributed by atoms with E-state index in [1.54, 1.807) is 7.11 Å². The Bertz CT molecular complexity index is 1070. The Morgan fingerprint density at radius 1 is 1.03 bits per heavy atom. The summed E-state index contributed by atoms with van der Waals surface area (Å²) in [6, 6.07) is 24.7. The molecule has 1 heterocycles. The monoisotopic (exact) mass is 478 g/mol. The average Bonchev–Trinajstić information content (AvgIpc) is 2.77. The third kappa shape index (κ3) is 4.83. The second kappa shape index (κ2) is 8.85. The molecule has 0 fully saturated rings. The van der Waals surface area contributed by atoms with Crippen LogP contribution in [0.25, 0.3) is 0 Å². The van der Waals surface area contributed by atoms with Crippen molar-refractivity contribution in [1.29, 1.82) is 0 Å². The number of halogens is 1. The van der Waals surface area contributed by atoms with Gasteiger partial charge in [0.2, 0.25) is 0 Å². The van der Waals surface area contributed by atoms with Gasteiger partial charge in [-0.3, -0.25) is 0 Å². The van der Waals surface area contributed by atoms with E-state index < -0.39 is 5.60 Å². The van der Waals surface area contributed by atoms with Gasteiger partial charge < -0.3 is 14.7 Å². The predicted molar refractivity (Wildman–Crippen MR) is 129 cm³/mol. The van der Waals surface area contributed by atoms with Gasteiger partial charge in [0.05, 0.1) is 24.4 Å². The Labute approximate surface area is 192 Å². The second-order valence-electron chi connectivity index (χ2n) is 8.44. The lowest BCUT2D eigenvalue weighted by molar-refractivity contribution is 0.0624. The van der Waals surface area contributed by atoms with E-state index in [-0.39, 0.29) is 6.04 Å². The summed E-state index contributed by atoms with van der Waals surface area (Å²) in [5, 5.41) is 10.5. The molecule has 1 unspecified atom stereocenters. The Kier molecular flexibility index (Phi) is 6.17. The first-order valence-corrected chi connectivity index (χ1v) is 11.2. The van der Waals surface area contributed by atoms with Crippen molar-refractivity contribution in [2.75, 3.05) is 13.7 Å². The van der Waals surface area contributed by atoms with Gasteiger partial charge in [-0.05, 0) is 68.3 Å². The first kappa shape index (κ1) is 21.6. The fourth-order valence-electron chi connectivity index (χ4n) is 3.91. The van der Waals surface area contributed by atoms with Crippen molar-refractivity contribution in [2.24, 2.45) is 4.99 Å². The maximum absolute atomic E-state index is 10.5. The number of methoxy groups -OCH3 is 1. The van der Waals surface area contributed by atoms with Crippen LogP contribution in [0.15, 0.2) is 82.3 Å². The van der Waals surface area contributed by atoms with Crippen molar-refractivity contribution in [3.63, 3.8) is 0 Å². The van der Waals surface area contributed by atoms with Crippen LogP contribution in [0.1, 0.15) is 43.0 Å². The van der Waals surface area contributed by atoms with Gasteiger partial charge in [0.15, 0.2) is 0 Å². The van der Waals surface area contributed by atoms with E-state index in [1.807, 2.05) is 50.2 Å². The first-order valence-electron chi connectivity index (χ1n) is 10.4. The van der Waals surface area contributed by atoms with Crippen LogP contribution in [0.2, 0.25) is 0 Å². The van der Waals surface area contributed by atoms with Crippen LogP contribution in [0, 0.1) is 0 Å². The lowest BCUT2D eigenvalue weighted by atomic mass is 9.92. The van der Waals surface area contributed by atoms with E-state index in [9.17, 15) is 5.11 Å². The Balaban J connectivity index is 1.88. The van der Waals surface area contributed by atoms with E-state index in [0.717, 1.165) is 32.9 Å². The lowest BCUT2D eigenvalue weighted by Crippen LogP contribution is -2.41. The number of amidine groups is 1. The van der Waals surface area contributed by atoms with Crippen molar-refractivity contribution in [3.05, 3.63) is 94.0 Å². The van der Waals surface area contributed by atoms with Gasteiger partial charge in [-0.2, -0.15) is 0 Å². The van der Waals surface area contributed by atoms with Gasteiger partial charge in [-0.1, -0.05) is 46.3 Å². The molecule has 0 saturated heterocycles. The maximum Gasteiger partial charge on any atom is 0.137 e. The van der Waals surface area contributed by atoms with Gasteiger partial charge >= 0.3 is 0 Å². The number of benzene rings is 3. The molecule has 31 heavy (non-hydrogen) atoms. The van der Waals surface area contributed by atoms with E-state index in [4.69, 9.17) is 9.73 Å². The summed E-state index contributed by atoms with van der Waals surface area (Å²) < 4.78 is 6.37. The maximum atomic E-state index is 10.5. The molecule has 160 valence electrons. The van der Waals surface area contributed by atoms with Crippen molar-refractivity contribution in [2.45, 2.75) is 31.9 Å². The van der Waals surface area contributed by atoms with Crippen molar-refractivity contribution < 1.29 is 9.84 Å². The quantitative estimate of drug-likeness (QED) is 0.465.